The molecule has 1 rings (SSSR count). The highest BCUT2D eigenvalue weighted by atomic mass is 32.2. The summed E-state index contributed by atoms with van der Waals surface area (Å²) in [7, 11) is -1.96. The summed E-state index contributed by atoms with van der Waals surface area (Å²) in [4.78, 5) is 0.275. The summed E-state index contributed by atoms with van der Waals surface area (Å²) in [5, 5.41) is 3.27. The second-order valence-corrected chi connectivity index (χ2v) is 7.74. The predicted molar refractivity (Wildman–Crippen MR) is 84.7 cm³/mol. The van der Waals surface area contributed by atoms with Gasteiger partial charge in [-0.05, 0) is 31.5 Å². The molecule has 5 nitrogen and oxygen atoms in total. The molecule has 0 radical (unpaired) electrons. The Hall–Kier alpha value is -0.950. The molecule has 0 spiro atoms. The molecule has 0 bridgehead atoms. The van der Waals surface area contributed by atoms with Crippen LogP contribution in [0.2, 0.25) is 0 Å². The van der Waals surface area contributed by atoms with Crippen molar-refractivity contribution < 1.29 is 13.2 Å². The van der Waals surface area contributed by atoms with Crippen LogP contribution in [0.25, 0.3) is 0 Å². The summed E-state index contributed by atoms with van der Waals surface area (Å²) in [6.07, 6.45) is 0. The van der Waals surface area contributed by atoms with Crippen LogP contribution in [0.3, 0.4) is 0 Å². The van der Waals surface area contributed by atoms with E-state index in [1.807, 2.05) is 19.9 Å². The molecule has 0 saturated heterocycles. The normalized spacial score (nSPS) is 12.9. The number of methoxy groups -OCH3 is 1. The van der Waals surface area contributed by atoms with Crippen molar-refractivity contribution in [3.05, 3.63) is 29.8 Å². The van der Waals surface area contributed by atoms with Crippen LogP contribution in [0, 0.1) is 0 Å². The topological polar surface area (TPSA) is 67.4 Å². The number of nitrogens with one attached hydrogen (secondary N) is 2. The van der Waals surface area contributed by atoms with Crippen molar-refractivity contribution in [3.63, 3.8) is 0 Å². The van der Waals surface area contributed by atoms with Gasteiger partial charge in [0, 0.05) is 26.2 Å². The molecule has 2 N–H and O–H groups in total. The van der Waals surface area contributed by atoms with Crippen molar-refractivity contribution in [1.29, 1.82) is 0 Å². The van der Waals surface area contributed by atoms with Crippen LogP contribution < -0.4 is 10.0 Å². The van der Waals surface area contributed by atoms with Gasteiger partial charge >= 0.3 is 0 Å². The average Bonchev–Trinajstić information content (AvgIpc) is 2.44. The van der Waals surface area contributed by atoms with Gasteiger partial charge in [0.1, 0.15) is 0 Å². The predicted octanol–water partition coefficient (Wildman–Crippen LogP) is 1.89. The van der Waals surface area contributed by atoms with Gasteiger partial charge in [0.25, 0.3) is 0 Å². The maximum Gasteiger partial charge on any atom is 0.240 e. The first kappa shape index (κ1) is 18.1. The van der Waals surface area contributed by atoms with Gasteiger partial charge in [-0.1, -0.05) is 26.0 Å². The van der Waals surface area contributed by atoms with Gasteiger partial charge < -0.3 is 10.1 Å². The van der Waals surface area contributed by atoms with E-state index in [2.05, 4.69) is 23.9 Å². The summed E-state index contributed by atoms with van der Waals surface area (Å²) < 4.78 is 32.4. The molecule has 0 aliphatic carbocycles. The first-order valence-corrected chi connectivity index (χ1v) is 8.52. The highest BCUT2D eigenvalue weighted by molar-refractivity contribution is 7.89. The van der Waals surface area contributed by atoms with E-state index in [1.54, 1.807) is 25.3 Å². The van der Waals surface area contributed by atoms with Crippen molar-refractivity contribution >= 4 is 10.0 Å². The average molecular weight is 314 g/mol. The van der Waals surface area contributed by atoms with E-state index in [9.17, 15) is 8.42 Å². The second kappa shape index (κ2) is 7.35. The van der Waals surface area contributed by atoms with Crippen molar-refractivity contribution in [2.45, 2.75) is 50.8 Å². The molecule has 0 heterocycles. The van der Waals surface area contributed by atoms with E-state index in [1.165, 1.54) is 0 Å². The van der Waals surface area contributed by atoms with Crippen molar-refractivity contribution in [3.8, 4) is 0 Å². The quantitative estimate of drug-likeness (QED) is 0.769. The molecule has 0 fully saturated rings. The lowest BCUT2D eigenvalue weighted by Gasteiger charge is -2.23. The first-order valence-electron chi connectivity index (χ1n) is 7.03. The zero-order valence-electron chi connectivity index (χ0n) is 13.4. The Balaban J connectivity index is 2.81. The number of hydrogen-bond acceptors (Lipinski definition) is 4. The summed E-state index contributed by atoms with van der Waals surface area (Å²) in [6.45, 7) is 8.63. The summed E-state index contributed by atoms with van der Waals surface area (Å²) in [5.41, 5.74) is 0.404. The largest absolute Gasteiger partial charge is 0.377 e. The minimum Gasteiger partial charge on any atom is -0.377 e. The van der Waals surface area contributed by atoms with E-state index in [0.29, 0.717) is 12.6 Å². The lowest BCUT2D eigenvalue weighted by molar-refractivity contribution is 0.0276. The van der Waals surface area contributed by atoms with Crippen LogP contribution in [0.1, 0.15) is 33.3 Å². The maximum atomic E-state index is 12.3. The van der Waals surface area contributed by atoms with E-state index in [-0.39, 0.29) is 11.4 Å². The summed E-state index contributed by atoms with van der Waals surface area (Å²) in [6, 6.07) is 7.31. The third kappa shape index (κ3) is 6.13. The van der Waals surface area contributed by atoms with Gasteiger partial charge in [-0.15, -0.1) is 0 Å². The monoisotopic (exact) mass is 314 g/mol. The van der Waals surface area contributed by atoms with Gasteiger partial charge in [-0.25, -0.2) is 13.1 Å². The third-order valence-corrected chi connectivity index (χ3v) is 4.56. The zero-order valence-corrected chi connectivity index (χ0v) is 14.3. The third-order valence-electron chi connectivity index (χ3n) is 3.16. The molecule has 0 aliphatic heterocycles. The zero-order chi connectivity index (χ0) is 16.1. The van der Waals surface area contributed by atoms with E-state index < -0.39 is 15.6 Å². The van der Waals surface area contributed by atoms with Gasteiger partial charge in [-0.2, -0.15) is 0 Å². The molecule has 1 aromatic carbocycles. The number of benzene rings is 1. The van der Waals surface area contributed by atoms with E-state index in [0.717, 1.165) is 5.56 Å². The van der Waals surface area contributed by atoms with E-state index >= 15 is 0 Å². The summed E-state index contributed by atoms with van der Waals surface area (Å²) >= 11 is 0. The Kier molecular flexibility index (Phi) is 6.34. The molecule has 120 valence electrons. The van der Waals surface area contributed by atoms with Crippen LogP contribution in [-0.4, -0.2) is 33.7 Å². The molecule has 1 aromatic rings. The fraction of sp³-hybridized carbons (Fsp3) is 0.600. The lowest BCUT2D eigenvalue weighted by Crippen LogP contribution is -2.39. The number of sulfonamides is 1. The van der Waals surface area contributed by atoms with Crippen LogP contribution >= 0.6 is 0 Å². The number of ether oxygens (including phenoxy) is 1. The number of hydrogen-bond donors (Lipinski definition) is 2. The van der Waals surface area contributed by atoms with Crippen molar-refractivity contribution in [2.24, 2.45) is 0 Å². The molecular weight excluding hydrogens is 288 g/mol. The fourth-order valence-electron chi connectivity index (χ4n) is 1.57. The highest BCUT2D eigenvalue weighted by Gasteiger charge is 2.21. The Morgan fingerprint density at radius 1 is 1.29 bits per heavy atom. The minimum atomic E-state index is -3.52. The SMILES string of the molecule is COC(C)(C)CNS(=O)(=O)c1cccc(CNC(C)C)c1. The van der Waals surface area contributed by atoms with Gasteiger partial charge in [0.2, 0.25) is 10.0 Å². The van der Waals surface area contributed by atoms with Gasteiger partial charge in [-0.3, -0.25) is 0 Å². The lowest BCUT2D eigenvalue weighted by atomic mass is 10.1. The molecule has 0 saturated carbocycles. The molecule has 6 heteroatoms. The Labute approximate surface area is 128 Å². The fourth-order valence-corrected chi connectivity index (χ4v) is 2.84. The Bertz CT molecular complexity index is 554. The second-order valence-electron chi connectivity index (χ2n) is 5.97. The van der Waals surface area contributed by atoms with Crippen molar-refractivity contribution in [1.82, 2.24) is 10.0 Å². The Morgan fingerprint density at radius 2 is 1.95 bits per heavy atom. The van der Waals surface area contributed by atoms with Gasteiger partial charge in [0.15, 0.2) is 0 Å². The van der Waals surface area contributed by atoms with Crippen LogP contribution in [0.15, 0.2) is 29.2 Å². The summed E-state index contributed by atoms with van der Waals surface area (Å²) in [5.74, 6) is 0. The number of rotatable bonds is 8. The highest BCUT2D eigenvalue weighted by Crippen LogP contribution is 2.13. The van der Waals surface area contributed by atoms with Crippen LogP contribution in [-0.2, 0) is 21.3 Å². The van der Waals surface area contributed by atoms with Gasteiger partial charge in [0.05, 0.1) is 10.5 Å². The molecule has 0 amide bonds. The Morgan fingerprint density at radius 3 is 2.52 bits per heavy atom. The minimum absolute atomic E-state index is 0.223. The molecule has 0 atom stereocenters. The molecule has 0 unspecified atom stereocenters. The maximum absolute atomic E-state index is 12.3. The molecule has 21 heavy (non-hydrogen) atoms. The van der Waals surface area contributed by atoms with Crippen LogP contribution in [0.4, 0.5) is 0 Å². The molecule has 0 aromatic heterocycles. The first-order chi connectivity index (χ1) is 9.66. The molecule has 0 aliphatic rings. The smallest absolute Gasteiger partial charge is 0.240 e. The standard InChI is InChI=1S/C15H26N2O3S/c1-12(2)16-10-13-7-6-8-14(9-13)21(18,19)17-11-15(3,4)20-5/h6-9,12,16-17H,10-11H2,1-5H3. The van der Waals surface area contributed by atoms with E-state index in [4.69, 9.17) is 4.74 Å². The van der Waals surface area contributed by atoms with Crippen molar-refractivity contribution in [2.75, 3.05) is 13.7 Å². The van der Waals surface area contributed by atoms with Crippen LogP contribution in [0.5, 0.6) is 0 Å². The molecular formula is C15H26N2O3S.